The van der Waals surface area contributed by atoms with Crippen molar-refractivity contribution >= 4 is 23.2 Å². The third-order valence-electron chi connectivity index (χ3n) is 3.82. The van der Waals surface area contributed by atoms with Gasteiger partial charge in [0.05, 0.1) is 19.1 Å². The molecule has 2 N–H and O–H groups in total. The first-order valence-electron chi connectivity index (χ1n) is 7.69. The number of rotatable bonds is 5. The summed E-state index contributed by atoms with van der Waals surface area (Å²) in [5.41, 5.74) is 0.823. The Morgan fingerprint density at radius 1 is 1.33 bits per heavy atom. The molecule has 1 aliphatic rings. The zero-order chi connectivity index (χ0) is 16.9. The number of piperazine rings is 1. The van der Waals surface area contributed by atoms with Crippen LogP contribution >= 0.6 is 11.3 Å². The molecule has 1 aromatic carbocycles. The van der Waals surface area contributed by atoms with Crippen molar-refractivity contribution in [1.29, 1.82) is 0 Å². The molecule has 0 radical (unpaired) electrons. The molecule has 1 aromatic heterocycles. The first-order chi connectivity index (χ1) is 11.6. The average Bonchev–Trinajstić information content (AvgIpc) is 3.08. The molecule has 2 amide bonds. The van der Waals surface area contributed by atoms with E-state index in [2.05, 4.69) is 10.6 Å². The molecule has 1 atom stereocenters. The summed E-state index contributed by atoms with van der Waals surface area (Å²) < 4.78 is 13.2. The molecule has 0 aliphatic carbocycles. The molecule has 1 aliphatic heterocycles. The van der Waals surface area contributed by atoms with Crippen LogP contribution in [0.1, 0.15) is 16.5 Å². The largest absolute Gasteiger partial charge is 0.354 e. The summed E-state index contributed by atoms with van der Waals surface area (Å²) in [4.78, 5) is 26.6. The molecule has 0 saturated carbocycles. The van der Waals surface area contributed by atoms with Gasteiger partial charge in [0.25, 0.3) is 0 Å². The normalized spacial score (nSPS) is 16.5. The maximum absolute atomic E-state index is 13.2. The summed E-state index contributed by atoms with van der Waals surface area (Å²) in [6.45, 7) is 1.60. The lowest BCUT2D eigenvalue weighted by Crippen LogP contribution is -2.50. The summed E-state index contributed by atoms with van der Waals surface area (Å²) in [5, 5.41) is 7.66. The summed E-state index contributed by atoms with van der Waals surface area (Å²) in [7, 11) is 0. The van der Waals surface area contributed by atoms with Crippen LogP contribution in [0.5, 0.6) is 0 Å². The molecule has 2 aromatic rings. The predicted octanol–water partition coefficient (Wildman–Crippen LogP) is 1.52. The molecule has 5 nitrogen and oxygen atoms in total. The van der Waals surface area contributed by atoms with Gasteiger partial charge in [-0.25, -0.2) is 4.39 Å². The number of halogens is 1. The second-order valence-electron chi connectivity index (χ2n) is 5.63. The molecule has 1 saturated heterocycles. The molecule has 3 rings (SSSR count). The standard InChI is InChI=1S/C17H18FN3O2S/c18-13-5-3-12(4-6-13)17(14-2-1-9-24-14)20-16(23)11-21-8-7-19-15(22)10-21/h1-6,9,17H,7-8,10-11H2,(H,19,22)(H,20,23)/t17-/m1/s1. The molecule has 2 heterocycles. The van der Waals surface area contributed by atoms with Crippen LogP contribution in [0.2, 0.25) is 0 Å². The van der Waals surface area contributed by atoms with Crippen LogP contribution < -0.4 is 10.6 Å². The van der Waals surface area contributed by atoms with Crippen molar-refractivity contribution in [2.24, 2.45) is 0 Å². The van der Waals surface area contributed by atoms with Crippen LogP contribution in [0, 0.1) is 5.82 Å². The predicted molar refractivity (Wildman–Crippen MR) is 90.2 cm³/mol. The highest BCUT2D eigenvalue weighted by molar-refractivity contribution is 7.10. The van der Waals surface area contributed by atoms with E-state index in [9.17, 15) is 14.0 Å². The van der Waals surface area contributed by atoms with Gasteiger partial charge in [0, 0.05) is 18.0 Å². The molecule has 7 heteroatoms. The number of amides is 2. The van der Waals surface area contributed by atoms with Gasteiger partial charge in [-0.2, -0.15) is 0 Å². The minimum atomic E-state index is -0.322. The lowest BCUT2D eigenvalue weighted by Gasteiger charge is -2.27. The minimum Gasteiger partial charge on any atom is -0.354 e. The number of hydrogen-bond donors (Lipinski definition) is 2. The molecule has 24 heavy (non-hydrogen) atoms. The maximum atomic E-state index is 13.2. The van der Waals surface area contributed by atoms with E-state index in [4.69, 9.17) is 0 Å². The van der Waals surface area contributed by atoms with Gasteiger partial charge >= 0.3 is 0 Å². The minimum absolute atomic E-state index is 0.0672. The van der Waals surface area contributed by atoms with Gasteiger partial charge in [0.15, 0.2) is 0 Å². The van der Waals surface area contributed by atoms with Crippen molar-refractivity contribution in [2.75, 3.05) is 26.2 Å². The van der Waals surface area contributed by atoms with E-state index >= 15 is 0 Å². The van der Waals surface area contributed by atoms with Crippen molar-refractivity contribution in [1.82, 2.24) is 15.5 Å². The summed E-state index contributed by atoms with van der Waals surface area (Å²) in [5.74, 6) is -0.538. The van der Waals surface area contributed by atoms with Crippen LogP contribution in [0.4, 0.5) is 4.39 Å². The van der Waals surface area contributed by atoms with Crippen LogP contribution in [0.25, 0.3) is 0 Å². The molecule has 0 spiro atoms. The number of carbonyl (C=O) groups excluding carboxylic acids is 2. The number of hydrogen-bond acceptors (Lipinski definition) is 4. The summed E-state index contributed by atoms with van der Waals surface area (Å²) in [6.07, 6.45) is 0. The number of carbonyl (C=O) groups is 2. The fourth-order valence-corrected chi connectivity index (χ4v) is 3.47. The Morgan fingerprint density at radius 2 is 2.12 bits per heavy atom. The monoisotopic (exact) mass is 347 g/mol. The highest BCUT2D eigenvalue weighted by Crippen LogP contribution is 2.26. The van der Waals surface area contributed by atoms with Gasteiger partial charge in [0.1, 0.15) is 5.82 Å². The number of benzene rings is 1. The van der Waals surface area contributed by atoms with Crippen molar-refractivity contribution < 1.29 is 14.0 Å². The Morgan fingerprint density at radius 3 is 2.79 bits per heavy atom. The van der Waals surface area contributed by atoms with Gasteiger partial charge in [-0.05, 0) is 29.1 Å². The van der Waals surface area contributed by atoms with Gasteiger partial charge in [0.2, 0.25) is 11.8 Å². The topological polar surface area (TPSA) is 61.4 Å². The van der Waals surface area contributed by atoms with Gasteiger partial charge in [-0.15, -0.1) is 11.3 Å². The molecule has 1 fully saturated rings. The lowest BCUT2D eigenvalue weighted by atomic mass is 10.1. The maximum Gasteiger partial charge on any atom is 0.234 e. The summed E-state index contributed by atoms with van der Waals surface area (Å²) >= 11 is 1.53. The molecule has 126 valence electrons. The zero-order valence-electron chi connectivity index (χ0n) is 13.0. The SMILES string of the molecule is O=C1CN(CC(=O)N[C@H](c2ccc(F)cc2)c2cccs2)CCN1. The molecular formula is C17H18FN3O2S. The van der Waals surface area contributed by atoms with Crippen molar-refractivity contribution in [3.63, 3.8) is 0 Å². The van der Waals surface area contributed by atoms with E-state index in [0.29, 0.717) is 13.1 Å². The number of nitrogens with one attached hydrogen (secondary N) is 2. The van der Waals surface area contributed by atoms with Gasteiger partial charge in [-0.1, -0.05) is 18.2 Å². The second-order valence-corrected chi connectivity index (χ2v) is 6.61. The van der Waals surface area contributed by atoms with E-state index in [1.54, 1.807) is 12.1 Å². The Bertz CT molecular complexity index is 703. The third-order valence-corrected chi connectivity index (χ3v) is 4.76. The quantitative estimate of drug-likeness (QED) is 0.862. The Labute approximate surface area is 143 Å². The smallest absolute Gasteiger partial charge is 0.234 e. The second kappa shape index (κ2) is 7.55. The Hall–Kier alpha value is -2.25. The fraction of sp³-hybridized carbons (Fsp3) is 0.294. The van der Waals surface area contributed by atoms with Crippen molar-refractivity contribution in [2.45, 2.75) is 6.04 Å². The van der Waals surface area contributed by atoms with E-state index < -0.39 is 0 Å². The molecular weight excluding hydrogens is 329 g/mol. The van der Waals surface area contributed by atoms with Crippen LogP contribution in [-0.2, 0) is 9.59 Å². The molecule has 0 unspecified atom stereocenters. The van der Waals surface area contributed by atoms with Crippen LogP contribution in [-0.4, -0.2) is 42.9 Å². The highest BCUT2D eigenvalue weighted by Gasteiger charge is 2.22. The third kappa shape index (κ3) is 4.18. The van der Waals surface area contributed by atoms with Gasteiger partial charge < -0.3 is 10.6 Å². The zero-order valence-corrected chi connectivity index (χ0v) is 13.8. The van der Waals surface area contributed by atoms with Crippen LogP contribution in [0.15, 0.2) is 41.8 Å². The van der Waals surface area contributed by atoms with E-state index in [0.717, 1.165) is 10.4 Å². The molecule has 0 bridgehead atoms. The fourth-order valence-electron chi connectivity index (χ4n) is 2.67. The van der Waals surface area contributed by atoms with Crippen molar-refractivity contribution in [3.8, 4) is 0 Å². The van der Waals surface area contributed by atoms with Gasteiger partial charge in [-0.3, -0.25) is 14.5 Å². The Kier molecular flexibility index (Phi) is 5.22. The summed E-state index contributed by atoms with van der Waals surface area (Å²) in [6, 6.07) is 9.65. The Balaban J connectivity index is 1.71. The first kappa shape index (κ1) is 16.6. The van der Waals surface area contributed by atoms with Crippen LogP contribution in [0.3, 0.4) is 0 Å². The number of nitrogens with zero attached hydrogens (tertiary/aromatic N) is 1. The average molecular weight is 347 g/mol. The first-order valence-corrected chi connectivity index (χ1v) is 8.57. The highest BCUT2D eigenvalue weighted by atomic mass is 32.1. The van der Waals surface area contributed by atoms with E-state index in [1.807, 2.05) is 22.4 Å². The van der Waals surface area contributed by atoms with E-state index in [-0.39, 0.29) is 36.8 Å². The van der Waals surface area contributed by atoms with E-state index in [1.165, 1.54) is 23.5 Å². The van der Waals surface area contributed by atoms with Crippen molar-refractivity contribution in [3.05, 3.63) is 58.0 Å². The number of thiophene rings is 1. The lowest BCUT2D eigenvalue weighted by molar-refractivity contribution is -0.127.